The number of hydrogen-bond donors (Lipinski definition) is 1. The Morgan fingerprint density at radius 1 is 1.04 bits per heavy atom. The van der Waals surface area contributed by atoms with Crippen LogP contribution in [0.4, 0.5) is 10.1 Å². The first-order valence-electron chi connectivity index (χ1n) is 8.98. The lowest BCUT2D eigenvalue weighted by Gasteiger charge is -2.33. The number of anilines is 1. The van der Waals surface area contributed by atoms with Crippen molar-refractivity contribution in [3.05, 3.63) is 59.9 Å². The second-order valence-electron chi connectivity index (χ2n) is 6.70. The van der Waals surface area contributed by atoms with Gasteiger partial charge in [-0.1, -0.05) is 18.6 Å². The molecular formula is C20H21FN2O4S. The first-order valence-corrected chi connectivity index (χ1v) is 10.4. The van der Waals surface area contributed by atoms with Crippen molar-refractivity contribution in [1.29, 1.82) is 0 Å². The molecule has 6 nitrogen and oxygen atoms in total. The second-order valence-corrected chi connectivity index (χ2v) is 8.59. The summed E-state index contributed by atoms with van der Waals surface area (Å²) in [7, 11) is -3.90. The number of nitrogens with zero attached hydrogens (tertiary/aromatic N) is 1. The molecule has 28 heavy (non-hydrogen) atoms. The zero-order valence-electron chi connectivity index (χ0n) is 15.4. The van der Waals surface area contributed by atoms with Crippen LogP contribution in [0, 0.1) is 5.82 Å². The van der Waals surface area contributed by atoms with Gasteiger partial charge in [0.05, 0.1) is 4.90 Å². The molecule has 1 fully saturated rings. The van der Waals surface area contributed by atoms with E-state index in [9.17, 15) is 22.4 Å². The van der Waals surface area contributed by atoms with Gasteiger partial charge in [-0.3, -0.25) is 9.59 Å². The molecule has 0 aromatic heterocycles. The molecule has 1 N–H and O–H groups in total. The number of amides is 1. The number of carbonyl (C=O) groups excluding carboxylic acids is 2. The van der Waals surface area contributed by atoms with Crippen LogP contribution < -0.4 is 5.32 Å². The molecule has 1 atom stereocenters. The average Bonchev–Trinajstić information content (AvgIpc) is 2.69. The van der Waals surface area contributed by atoms with E-state index in [1.165, 1.54) is 59.8 Å². The number of carbonyl (C=O) groups is 2. The number of halogens is 1. The van der Waals surface area contributed by atoms with Gasteiger partial charge in [0.2, 0.25) is 15.9 Å². The summed E-state index contributed by atoms with van der Waals surface area (Å²) in [4.78, 5) is 24.2. The molecule has 0 spiro atoms. The Morgan fingerprint density at radius 3 is 2.29 bits per heavy atom. The van der Waals surface area contributed by atoms with Crippen molar-refractivity contribution in [3.63, 3.8) is 0 Å². The Labute approximate surface area is 163 Å². The zero-order chi connectivity index (χ0) is 20.3. The summed E-state index contributed by atoms with van der Waals surface area (Å²) in [5.74, 6) is -1.03. The molecule has 0 bridgehead atoms. The fourth-order valence-electron chi connectivity index (χ4n) is 3.21. The van der Waals surface area contributed by atoms with Crippen LogP contribution in [0.15, 0.2) is 53.4 Å². The Morgan fingerprint density at radius 2 is 1.68 bits per heavy atom. The Balaban J connectivity index is 1.84. The van der Waals surface area contributed by atoms with Crippen LogP contribution in [-0.2, 0) is 14.8 Å². The molecule has 2 aromatic carbocycles. The van der Waals surface area contributed by atoms with Gasteiger partial charge in [-0.15, -0.1) is 0 Å². The number of rotatable bonds is 5. The highest BCUT2D eigenvalue weighted by molar-refractivity contribution is 7.89. The molecule has 1 saturated heterocycles. The third-order valence-corrected chi connectivity index (χ3v) is 6.66. The fraction of sp³-hybridized carbons (Fsp3) is 0.300. The van der Waals surface area contributed by atoms with E-state index in [2.05, 4.69) is 5.32 Å². The van der Waals surface area contributed by atoms with Gasteiger partial charge in [-0.2, -0.15) is 4.31 Å². The third-order valence-electron chi connectivity index (χ3n) is 4.74. The summed E-state index contributed by atoms with van der Waals surface area (Å²) in [6.07, 6.45) is 1.79. The predicted molar refractivity (Wildman–Crippen MR) is 103 cm³/mol. The number of benzene rings is 2. The SMILES string of the molecule is CC(=O)c1ccc(S(=O)(=O)N2CCCCC2C(=O)Nc2ccc(F)cc2)cc1. The van der Waals surface area contributed by atoms with Gasteiger partial charge in [-0.25, -0.2) is 12.8 Å². The zero-order valence-corrected chi connectivity index (χ0v) is 16.2. The second kappa shape index (κ2) is 8.20. The number of Topliss-reactive ketones (excluding diaryl/α,β-unsaturated/α-hetero) is 1. The van der Waals surface area contributed by atoms with E-state index in [0.717, 1.165) is 6.42 Å². The molecule has 1 aliphatic heterocycles. The number of sulfonamides is 1. The van der Waals surface area contributed by atoms with E-state index in [-0.39, 0.29) is 17.2 Å². The molecular weight excluding hydrogens is 383 g/mol. The molecule has 0 radical (unpaired) electrons. The molecule has 8 heteroatoms. The molecule has 148 valence electrons. The lowest BCUT2D eigenvalue weighted by molar-refractivity contribution is -0.120. The van der Waals surface area contributed by atoms with E-state index < -0.39 is 27.8 Å². The lowest BCUT2D eigenvalue weighted by Crippen LogP contribution is -2.49. The number of nitrogens with one attached hydrogen (secondary N) is 1. The molecule has 1 amide bonds. The predicted octanol–water partition coefficient (Wildman–Crippen LogP) is 3.21. The maximum atomic E-state index is 13.1. The molecule has 1 heterocycles. The minimum absolute atomic E-state index is 0.0407. The van der Waals surface area contributed by atoms with Crippen LogP contribution in [0.25, 0.3) is 0 Å². The van der Waals surface area contributed by atoms with Crippen LogP contribution in [0.5, 0.6) is 0 Å². The van der Waals surface area contributed by atoms with Crippen molar-refractivity contribution in [3.8, 4) is 0 Å². The van der Waals surface area contributed by atoms with Crippen LogP contribution in [0.3, 0.4) is 0 Å². The number of piperidine rings is 1. The first-order chi connectivity index (χ1) is 13.3. The maximum Gasteiger partial charge on any atom is 0.243 e. The largest absolute Gasteiger partial charge is 0.325 e. The van der Waals surface area contributed by atoms with Crippen molar-refractivity contribution in [2.75, 3.05) is 11.9 Å². The van der Waals surface area contributed by atoms with Crippen LogP contribution in [0.1, 0.15) is 36.5 Å². The van der Waals surface area contributed by atoms with Crippen LogP contribution in [0.2, 0.25) is 0 Å². The quantitative estimate of drug-likeness (QED) is 0.776. The number of ketones is 1. The minimum atomic E-state index is -3.90. The van der Waals surface area contributed by atoms with Gasteiger partial charge < -0.3 is 5.32 Å². The lowest BCUT2D eigenvalue weighted by atomic mass is 10.0. The van der Waals surface area contributed by atoms with Crippen LogP contribution in [-0.4, -0.2) is 37.0 Å². The van der Waals surface area contributed by atoms with Gasteiger partial charge in [-0.05, 0) is 56.2 Å². The summed E-state index contributed by atoms with van der Waals surface area (Å²) < 4.78 is 40.4. The topological polar surface area (TPSA) is 83.6 Å². The maximum absolute atomic E-state index is 13.1. The highest BCUT2D eigenvalue weighted by Crippen LogP contribution is 2.26. The van der Waals surface area contributed by atoms with Gasteiger partial charge in [0, 0.05) is 17.8 Å². The molecule has 1 unspecified atom stereocenters. The van der Waals surface area contributed by atoms with Gasteiger partial charge in [0.15, 0.2) is 5.78 Å². The highest BCUT2D eigenvalue weighted by Gasteiger charge is 2.37. The smallest absolute Gasteiger partial charge is 0.243 e. The fourth-order valence-corrected chi connectivity index (χ4v) is 4.87. The van der Waals surface area contributed by atoms with Crippen molar-refractivity contribution in [2.24, 2.45) is 0 Å². The van der Waals surface area contributed by atoms with Gasteiger partial charge in [0.25, 0.3) is 0 Å². The van der Waals surface area contributed by atoms with Gasteiger partial charge in [0.1, 0.15) is 11.9 Å². The standard InChI is InChI=1S/C20H21FN2O4S/c1-14(24)15-5-11-18(12-6-15)28(26,27)23-13-3-2-4-19(23)20(25)22-17-9-7-16(21)8-10-17/h5-12,19H,2-4,13H2,1H3,(H,22,25). The summed E-state index contributed by atoms with van der Waals surface area (Å²) in [6.45, 7) is 1.64. The molecule has 1 aliphatic rings. The summed E-state index contributed by atoms with van der Waals surface area (Å²) >= 11 is 0. The van der Waals surface area contributed by atoms with Crippen molar-refractivity contribution >= 4 is 27.4 Å². The third kappa shape index (κ3) is 4.28. The van der Waals surface area contributed by atoms with E-state index >= 15 is 0 Å². The number of hydrogen-bond acceptors (Lipinski definition) is 4. The van der Waals surface area contributed by atoms with Gasteiger partial charge >= 0.3 is 0 Å². The Hall–Kier alpha value is -2.58. The summed E-state index contributed by atoms with van der Waals surface area (Å²) in [5.41, 5.74) is 0.823. The first kappa shape index (κ1) is 20.2. The van der Waals surface area contributed by atoms with E-state index in [1.807, 2.05) is 0 Å². The van der Waals surface area contributed by atoms with E-state index in [0.29, 0.717) is 24.1 Å². The minimum Gasteiger partial charge on any atom is -0.325 e. The molecule has 3 rings (SSSR count). The van der Waals surface area contributed by atoms with Crippen molar-refractivity contribution < 1.29 is 22.4 Å². The summed E-state index contributed by atoms with van der Waals surface area (Å²) in [5, 5.41) is 2.66. The molecule has 0 saturated carbocycles. The normalized spacial score (nSPS) is 17.9. The Bertz CT molecular complexity index is 972. The van der Waals surface area contributed by atoms with Crippen LogP contribution >= 0.6 is 0 Å². The summed E-state index contributed by atoms with van der Waals surface area (Å²) in [6, 6.07) is 10.1. The average molecular weight is 404 g/mol. The van der Waals surface area contributed by atoms with E-state index in [1.54, 1.807) is 0 Å². The highest BCUT2D eigenvalue weighted by atomic mass is 32.2. The van der Waals surface area contributed by atoms with Crippen molar-refractivity contribution in [2.45, 2.75) is 37.1 Å². The van der Waals surface area contributed by atoms with Crippen molar-refractivity contribution in [1.82, 2.24) is 4.31 Å². The molecule has 2 aromatic rings. The Kier molecular flexibility index (Phi) is 5.90. The monoisotopic (exact) mass is 404 g/mol. The van der Waals surface area contributed by atoms with E-state index in [4.69, 9.17) is 0 Å². The molecule has 0 aliphatic carbocycles.